The zero-order valence-electron chi connectivity index (χ0n) is 9.25. The van der Waals surface area contributed by atoms with E-state index in [1.54, 1.807) is 14.2 Å². The molecule has 5 heteroatoms. The van der Waals surface area contributed by atoms with Gasteiger partial charge in [-0.15, -0.1) is 0 Å². The first-order valence-electron chi connectivity index (χ1n) is 5.00. The van der Waals surface area contributed by atoms with E-state index in [1.165, 1.54) is 0 Å². The summed E-state index contributed by atoms with van der Waals surface area (Å²) in [7, 11) is 4.25. The van der Waals surface area contributed by atoms with Gasteiger partial charge in [0.15, 0.2) is 0 Å². The van der Waals surface area contributed by atoms with Crippen LogP contribution in [0.25, 0.3) is 0 Å². The molecule has 0 bridgehead atoms. The molecule has 0 radical (unpaired) electrons. The molecule has 0 aliphatic carbocycles. The maximum atomic E-state index is 5.42. The largest absolute Gasteiger partial charge is 0.379 e. The van der Waals surface area contributed by atoms with Crippen molar-refractivity contribution >= 4 is 10.2 Å². The van der Waals surface area contributed by atoms with Crippen LogP contribution in [0.5, 0.6) is 0 Å². The summed E-state index contributed by atoms with van der Waals surface area (Å²) in [5.41, 5.74) is -0.334. The zero-order chi connectivity index (χ0) is 10.4. The van der Waals surface area contributed by atoms with Crippen molar-refractivity contribution in [2.75, 3.05) is 34.0 Å². The van der Waals surface area contributed by atoms with Gasteiger partial charge in [-0.05, 0) is 12.8 Å². The van der Waals surface area contributed by atoms with Crippen LogP contribution >= 0.6 is 0 Å². The number of methoxy groups -OCH3 is 2. The first kappa shape index (κ1) is 12.1. The van der Waals surface area contributed by atoms with Gasteiger partial charge in [-0.2, -0.15) is 0 Å². The van der Waals surface area contributed by atoms with Gasteiger partial charge in [0.05, 0.1) is 23.5 Å². The van der Waals surface area contributed by atoms with E-state index in [-0.39, 0.29) is 5.41 Å². The Morgan fingerprint density at radius 3 is 2.57 bits per heavy atom. The number of hydrogen-bond donors (Lipinski definition) is 0. The van der Waals surface area contributed by atoms with Crippen molar-refractivity contribution in [1.29, 1.82) is 0 Å². The molecule has 0 amide bonds. The van der Waals surface area contributed by atoms with Gasteiger partial charge in [0, 0.05) is 20.8 Å². The minimum atomic E-state index is -0.334. The minimum absolute atomic E-state index is 0.334. The summed E-state index contributed by atoms with van der Waals surface area (Å²) in [5.74, 6) is 0. The molecule has 0 aromatic rings. The van der Waals surface area contributed by atoms with Crippen LogP contribution in [0.1, 0.15) is 12.8 Å². The van der Waals surface area contributed by atoms with Crippen molar-refractivity contribution in [3.8, 4) is 0 Å². The smallest absolute Gasteiger partial charge is 0.140 e. The first-order chi connectivity index (χ1) is 6.70. The van der Waals surface area contributed by atoms with Crippen molar-refractivity contribution in [1.82, 2.24) is 0 Å². The van der Waals surface area contributed by atoms with Crippen LogP contribution in [-0.4, -0.2) is 55.8 Å². The number of hydrogen-bond acceptors (Lipinski definition) is 4. The molecule has 1 saturated heterocycles. The quantitative estimate of drug-likeness (QED) is 0.239. The highest BCUT2D eigenvalue weighted by Gasteiger charge is 2.23. The lowest BCUT2D eigenvalue weighted by molar-refractivity contribution is -0.148. The summed E-state index contributed by atoms with van der Waals surface area (Å²) in [6.45, 7) is 2.35. The Bertz CT molecular complexity index is 157. The van der Waals surface area contributed by atoms with Crippen LogP contribution in [0.3, 0.4) is 0 Å². The lowest BCUT2D eigenvalue weighted by Crippen LogP contribution is -2.34. The van der Waals surface area contributed by atoms with Gasteiger partial charge in [-0.1, -0.05) is 0 Å². The van der Waals surface area contributed by atoms with Gasteiger partial charge >= 0.3 is 0 Å². The Morgan fingerprint density at radius 2 is 2.07 bits per heavy atom. The molecule has 0 aromatic carbocycles. The Kier molecular flexibility index (Phi) is 5.04. The second-order valence-corrected chi connectivity index (χ2v) is 5.20. The van der Waals surface area contributed by atoms with Gasteiger partial charge in [0.25, 0.3) is 0 Å². The van der Waals surface area contributed by atoms with Crippen molar-refractivity contribution in [2.45, 2.75) is 24.4 Å². The van der Waals surface area contributed by atoms with Gasteiger partial charge in [0.1, 0.15) is 11.5 Å². The van der Waals surface area contributed by atoms with E-state index < -0.39 is 0 Å². The molecule has 1 fully saturated rings. The average molecular weight is 220 g/mol. The topological polar surface area (TPSA) is 40.2 Å². The molecule has 1 aliphatic heterocycles. The summed E-state index contributed by atoms with van der Waals surface area (Å²) in [6, 6.07) is 0. The third-order valence-electron chi connectivity index (χ3n) is 2.49. The molecule has 1 aliphatic rings. The van der Waals surface area contributed by atoms with Gasteiger partial charge in [-0.25, -0.2) is 0 Å². The van der Waals surface area contributed by atoms with Crippen LogP contribution in [-0.2, 0) is 18.9 Å². The molecule has 1 unspecified atom stereocenters. The van der Waals surface area contributed by atoms with Crippen molar-refractivity contribution in [3.63, 3.8) is 0 Å². The highest BCUT2D eigenvalue weighted by molar-refractivity contribution is 6.13. The monoisotopic (exact) mass is 220 g/mol. The molecule has 0 aromatic heterocycles. The fourth-order valence-electron chi connectivity index (χ4n) is 1.16. The predicted molar refractivity (Wildman–Crippen MR) is 56.5 cm³/mol. The molecule has 14 heavy (non-hydrogen) atoms. The summed E-state index contributed by atoms with van der Waals surface area (Å²) < 4.78 is 21.0. The molecule has 4 nitrogen and oxygen atoms in total. The zero-order valence-corrected chi connectivity index (χ0v) is 11.2. The van der Waals surface area contributed by atoms with Gasteiger partial charge in [-0.3, -0.25) is 0 Å². The van der Waals surface area contributed by atoms with E-state index in [4.69, 9.17) is 18.9 Å². The Balaban J connectivity index is 1.95. The van der Waals surface area contributed by atoms with Crippen LogP contribution in [0.2, 0.25) is 0 Å². The molecule has 84 valence electrons. The predicted octanol–water partition coefficient (Wildman–Crippen LogP) is -0.506. The standard InChI is InChI=1S/C9H20O4Si/c1-10-9(14,11-2)4-3-5-12-6-8-7-13-8/h8H,3-7H2,1-2,14H3. The first-order valence-corrected chi connectivity index (χ1v) is 6.00. The van der Waals surface area contributed by atoms with Gasteiger partial charge < -0.3 is 18.9 Å². The molecule has 1 rings (SSSR count). The summed E-state index contributed by atoms with van der Waals surface area (Å²) in [6.07, 6.45) is 2.23. The maximum absolute atomic E-state index is 5.42. The Labute approximate surface area is 88.3 Å². The highest BCUT2D eigenvalue weighted by atomic mass is 28.1. The average Bonchev–Trinajstić information content (AvgIpc) is 3.01. The fraction of sp³-hybridized carbons (Fsp3) is 1.00. The molecule has 1 heterocycles. The van der Waals surface area contributed by atoms with E-state index in [0.29, 0.717) is 6.10 Å². The third kappa shape index (κ3) is 4.52. The normalized spacial score (nSPS) is 21.4. The van der Waals surface area contributed by atoms with Crippen LogP contribution < -0.4 is 0 Å². The lowest BCUT2D eigenvalue weighted by atomic mass is 10.3. The van der Waals surface area contributed by atoms with Crippen molar-refractivity contribution < 1.29 is 18.9 Å². The van der Waals surface area contributed by atoms with Crippen LogP contribution in [0.15, 0.2) is 0 Å². The van der Waals surface area contributed by atoms with Crippen LogP contribution in [0.4, 0.5) is 0 Å². The molecular formula is C9H20O4Si. The molecule has 0 spiro atoms. The second-order valence-electron chi connectivity index (χ2n) is 3.68. The SMILES string of the molecule is COC([SiH3])(CCCOCC1CO1)OC. The summed E-state index contributed by atoms with van der Waals surface area (Å²) in [4.78, 5) is 0. The van der Waals surface area contributed by atoms with Crippen molar-refractivity contribution in [3.05, 3.63) is 0 Å². The summed E-state index contributed by atoms with van der Waals surface area (Å²) >= 11 is 0. The summed E-state index contributed by atoms with van der Waals surface area (Å²) in [5, 5.41) is 0. The maximum Gasteiger partial charge on any atom is 0.140 e. The third-order valence-corrected chi connectivity index (χ3v) is 3.81. The number of epoxide rings is 1. The molecule has 1 atom stereocenters. The molecule has 0 saturated carbocycles. The highest BCUT2D eigenvalue weighted by Crippen LogP contribution is 2.14. The van der Waals surface area contributed by atoms with Crippen LogP contribution in [0, 0.1) is 0 Å². The minimum Gasteiger partial charge on any atom is -0.379 e. The Hall–Kier alpha value is 0.0569. The fourth-order valence-corrected chi connectivity index (χ4v) is 1.52. The van der Waals surface area contributed by atoms with E-state index in [9.17, 15) is 0 Å². The van der Waals surface area contributed by atoms with E-state index >= 15 is 0 Å². The Morgan fingerprint density at radius 1 is 1.43 bits per heavy atom. The lowest BCUT2D eigenvalue weighted by Gasteiger charge is -2.26. The molecular weight excluding hydrogens is 200 g/mol. The van der Waals surface area contributed by atoms with E-state index in [1.807, 2.05) is 0 Å². The van der Waals surface area contributed by atoms with Gasteiger partial charge in [0.2, 0.25) is 0 Å². The van der Waals surface area contributed by atoms with Crippen molar-refractivity contribution in [2.24, 2.45) is 0 Å². The number of ether oxygens (including phenoxy) is 4. The van der Waals surface area contributed by atoms with E-state index in [2.05, 4.69) is 0 Å². The number of rotatable bonds is 8. The van der Waals surface area contributed by atoms with E-state index in [0.717, 1.165) is 42.9 Å². The second kappa shape index (κ2) is 5.82. The molecule has 0 N–H and O–H groups in total.